The van der Waals surface area contributed by atoms with E-state index in [4.69, 9.17) is 0 Å². The Morgan fingerprint density at radius 1 is 0.433 bits per heavy atom. The molecule has 0 aliphatic carbocycles. The number of hydrogen-bond donors (Lipinski definition) is 0. The molecule has 0 spiro atoms. The average Bonchev–Trinajstić information content (AvgIpc) is 2.64. The highest BCUT2D eigenvalue weighted by Crippen LogP contribution is 2.14. The van der Waals surface area contributed by atoms with Gasteiger partial charge in [0.2, 0.25) is 0 Å². The molecular weight excluding hydrogens is 360 g/mol. The molecule has 0 saturated heterocycles. The van der Waals surface area contributed by atoms with E-state index in [9.17, 15) is 0 Å². The van der Waals surface area contributed by atoms with Gasteiger partial charge >= 0.3 is 0 Å². The molecule has 0 amide bonds. The van der Waals surface area contributed by atoms with Crippen LogP contribution in [0.4, 0.5) is 0 Å². The van der Waals surface area contributed by atoms with Crippen LogP contribution in [0.5, 0.6) is 0 Å². The standard InChI is InChI=1S/C30H49/c1-25(2)15-11-19-29(7)23-13-21-27(5)17-9-10-18-28(6)22-14-24-30(8)20-12-16-26(3)4/h9,15-18,23-24H,10-14,19-22H2,1-8H3/b27-17+,28-18?,29-23+,30-24?. The first-order valence-electron chi connectivity index (χ1n) is 11.9. The van der Waals surface area contributed by atoms with Gasteiger partial charge in [-0.15, -0.1) is 0 Å². The Labute approximate surface area is 189 Å². The van der Waals surface area contributed by atoms with Gasteiger partial charge in [-0.1, -0.05) is 69.9 Å². The van der Waals surface area contributed by atoms with E-state index in [-0.39, 0.29) is 0 Å². The minimum Gasteiger partial charge on any atom is -0.0856 e. The second kappa shape index (κ2) is 18.2. The van der Waals surface area contributed by atoms with Gasteiger partial charge in [-0.2, -0.15) is 0 Å². The topological polar surface area (TPSA) is 0 Å². The van der Waals surface area contributed by atoms with Crippen molar-refractivity contribution in [3.63, 3.8) is 0 Å². The maximum Gasteiger partial charge on any atom is -0.0130 e. The largest absolute Gasteiger partial charge is 0.0856 e. The Kier molecular flexibility index (Phi) is 17.3. The van der Waals surface area contributed by atoms with E-state index in [1.165, 1.54) is 65.5 Å². The van der Waals surface area contributed by atoms with Gasteiger partial charge in [0.15, 0.2) is 0 Å². The van der Waals surface area contributed by atoms with Gasteiger partial charge < -0.3 is 0 Å². The van der Waals surface area contributed by atoms with Crippen LogP contribution in [0.25, 0.3) is 0 Å². The molecule has 30 heavy (non-hydrogen) atoms. The second-order valence-corrected chi connectivity index (χ2v) is 9.35. The second-order valence-electron chi connectivity index (χ2n) is 9.35. The van der Waals surface area contributed by atoms with E-state index in [1.54, 1.807) is 0 Å². The predicted octanol–water partition coefficient (Wildman–Crippen LogP) is 10.4. The first-order chi connectivity index (χ1) is 14.2. The minimum absolute atomic E-state index is 1.05. The lowest BCUT2D eigenvalue weighted by molar-refractivity contribution is 0.912. The lowest BCUT2D eigenvalue weighted by Crippen LogP contribution is -1.82. The highest BCUT2D eigenvalue weighted by molar-refractivity contribution is 5.12. The summed E-state index contributed by atoms with van der Waals surface area (Å²) in [5.74, 6) is 0. The van der Waals surface area contributed by atoms with Crippen LogP contribution in [0.2, 0.25) is 0 Å². The van der Waals surface area contributed by atoms with E-state index >= 15 is 0 Å². The van der Waals surface area contributed by atoms with E-state index < -0.39 is 0 Å². The number of unbranched alkanes of at least 4 members (excludes halogenated alkanes) is 1. The van der Waals surface area contributed by atoms with Crippen LogP contribution in [-0.2, 0) is 0 Å². The Bertz CT molecular complexity index is 578. The molecule has 0 aliphatic rings. The number of allylic oxidation sites excluding steroid dienone is 12. The van der Waals surface area contributed by atoms with Crippen molar-refractivity contribution in [3.8, 4) is 0 Å². The first-order valence-corrected chi connectivity index (χ1v) is 11.9. The van der Waals surface area contributed by atoms with Gasteiger partial charge in [-0.3, -0.25) is 0 Å². The third-order valence-corrected chi connectivity index (χ3v) is 5.25. The summed E-state index contributed by atoms with van der Waals surface area (Å²) >= 11 is 0. The maximum atomic E-state index is 2.42. The fourth-order valence-electron chi connectivity index (χ4n) is 3.20. The molecule has 0 bridgehead atoms. The van der Waals surface area contributed by atoms with Crippen molar-refractivity contribution in [3.05, 3.63) is 76.3 Å². The van der Waals surface area contributed by atoms with Crippen LogP contribution < -0.4 is 0 Å². The summed E-state index contributed by atoms with van der Waals surface area (Å²) in [4.78, 5) is 0. The Morgan fingerprint density at radius 2 is 0.800 bits per heavy atom. The molecule has 0 fully saturated rings. The Balaban J connectivity index is 4.05. The Morgan fingerprint density at radius 3 is 1.23 bits per heavy atom. The minimum atomic E-state index is 1.05. The van der Waals surface area contributed by atoms with Crippen molar-refractivity contribution in [2.24, 2.45) is 0 Å². The van der Waals surface area contributed by atoms with Crippen LogP contribution in [0.3, 0.4) is 0 Å². The first kappa shape index (κ1) is 28.4. The third kappa shape index (κ3) is 19.7. The lowest BCUT2D eigenvalue weighted by atomic mass is 10.0. The van der Waals surface area contributed by atoms with Crippen LogP contribution in [0.1, 0.15) is 113 Å². The molecule has 0 saturated carbocycles. The summed E-state index contributed by atoms with van der Waals surface area (Å²) in [6.07, 6.45) is 26.9. The fourth-order valence-corrected chi connectivity index (χ4v) is 3.20. The zero-order valence-electron chi connectivity index (χ0n) is 21.4. The zero-order valence-corrected chi connectivity index (χ0v) is 21.4. The molecule has 0 aromatic carbocycles. The van der Waals surface area contributed by atoms with Gasteiger partial charge in [0, 0.05) is 0 Å². The summed E-state index contributed by atoms with van der Waals surface area (Å²) in [5, 5.41) is 0. The summed E-state index contributed by atoms with van der Waals surface area (Å²) in [6, 6.07) is 0. The summed E-state index contributed by atoms with van der Waals surface area (Å²) < 4.78 is 0. The number of rotatable bonds is 15. The van der Waals surface area contributed by atoms with Crippen molar-refractivity contribution in [2.75, 3.05) is 0 Å². The van der Waals surface area contributed by atoms with E-state index in [1.807, 2.05) is 0 Å². The van der Waals surface area contributed by atoms with Gasteiger partial charge in [0.1, 0.15) is 0 Å². The molecule has 1 radical (unpaired) electrons. The SMILES string of the molecule is CC(C)=CCCC(C)=CCCC(C)=CC[CH]/C=C(\C)CC/C=C(\C)CCC=C(C)C. The van der Waals surface area contributed by atoms with Crippen molar-refractivity contribution < 1.29 is 0 Å². The van der Waals surface area contributed by atoms with Crippen LogP contribution in [0.15, 0.2) is 69.9 Å². The predicted molar refractivity (Wildman–Crippen MR) is 140 cm³/mol. The molecule has 169 valence electrons. The van der Waals surface area contributed by atoms with Crippen molar-refractivity contribution in [1.29, 1.82) is 0 Å². The molecule has 0 unspecified atom stereocenters. The molecule has 0 aromatic heterocycles. The monoisotopic (exact) mass is 409 g/mol. The van der Waals surface area contributed by atoms with Gasteiger partial charge in [-0.25, -0.2) is 0 Å². The van der Waals surface area contributed by atoms with Crippen LogP contribution >= 0.6 is 0 Å². The summed E-state index contributed by atoms with van der Waals surface area (Å²) in [7, 11) is 0. The van der Waals surface area contributed by atoms with Crippen LogP contribution in [0, 0.1) is 6.42 Å². The molecule has 0 aliphatic heterocycles. The highest BCUT2D eigenvalue weighted by Gasteiger charge is 1.94. The molecule has 0 rings (SSSR count). The molecule has 0 nitrogen and oxygen atoms in total. The van der Waals surface area contributed by atoms with Crippen molar-refractivity contribution >= 4 is 0 Å². The van der Waals surface area contributed by atoms with Crippen molar-refractivity contribution in [1.82, 2.24) is 0 Å². The summed E-state index contributed by atoms with van der Waals surface area (Å²) in [5.41, 5.74) is 8.85. The van der Waals surface area contributed by atoms with E-state index in [2.05, 4.69) is 98.3 Å². The van der Waals surface area contributed by atoms with Crippen molar-refractivity contribution in [2.45, 2.75) is 113 Å². The zero-order chi connectivity index (χ0) is 22.8. The smallest absolute Gasteiger partial charge is 0.0130 e. The van der Waals surface area contributed by atoms with Gasteiger partial charge in [-0.05, 0) is 120 Å². The van der Waals surface area contributed by atoms with E-state index in [0.29, 0.717) is 0 Å². The third-order valence-electron chi connectivity index (χ3n) is 5.25. The molecule has 0 heterocycles. The van der Waals surface area contributed by atoms with E-state index in [0.717, 1.165) is 25.7 Å². The molecule has 0 heteroatoms. The molecule has 0 atom stereocenters. The quantitative estimate of drug-likeness (QED) is 0.186. The number of hydrogen-bond acceptors (Lipinski definition) is 0. The maximum absolute atomic E-state index is 2.42. The average molecular weight is 410 g/mol. The fraction of sp³-hybridized carbons (Fsp3) is 0.567. The lowest BCUT2D eigenvalue weighted by Gasteiger charge is -2.02. The van der Waals surface area contributed by atoms with Crippen LogP contribution in [-0.4, -0.2) is 0 Å². The Hall–Kier alpha value is -1.56. The molecule has 0 N–H and O–H groups in total. The normalized spacial score (nSPS) is 13.5. The van der Waals surface area contributed by atoms with Gasteiger partial charge in [0.05, 0.1) is 0 Å². The molecular formula is C30H49. The summed E-state index contributed by atoms with van der Waals surface area (Å²) in [6.45, 7) is 17.7. The van der Waals surface area contributed by atoms with Gasteiger partial charge in [0.25, 0.3) is 0 Å². The molecule has 0 aromatic rings. The highest BCUT2D eigenvalue weighted by atomic mass is 14.0.